The van der Waals surface area contributed by atoms with Crippen molar-refractivity contribution in [3.8, 4) is 11.5 Å². The summed E-state index contributed by atoms with van der Waals surface area (Å²) in [5.41, 5.74) is 0.817. The summed E-state index contributed by atoms with van der Waals surface area (Å²) < 4.78 is 42.3. The maximum absolute atomic E-state index is 12.7. The van der Waals surface area contributed by atoms with Gasteiger partial charge in [0.2, 0.25) is 16.8 Å². The second kappa shape index (κ2) is 9.82. The van der Waals surface area contributed by atoms with Crippen molar-refractivity contribution < 1.29 is 32.2 Å². The second-order valence-corrected chi connectivity index (χ2v) is 9.70. The van der Waals surface area contributed by atoms with E-state index in [1.54, 1.807) is 18.2 Å². The molecule has 2 aliphatic heterocycles. The average molecular weight is 493 g/mol. The molecule has 9 nitrogen and oxygen atoms in total. The molecular weight excluding hydrogens is 472 g/mol. The van der Waals surface area contributed by atoms with E-state index in [4.69, 9.17) is 25.8 Å². The van der Waals surface area contributed by atoms with E-state index in [-0.39, 0.29) is 22.4 Å². The molecule has 174 valence electrons. The molecule has 0 saturated carbocycles. The Kier molecular flexibility index (Phi) is 6.87. The highest BCUT2D eigenvalue weighted by atomic mass is 35.5. The minimum Gasteiger partial charge on any atom is -0.454 e. The van der Waals surface area contributed by atoms with Gasteiger partial charge in [0.15, 0.2) is 18.1 Å². The summed E-state index contributed by atoms with van der Waals surface area (Å²) in [7, 11) is -3.66. The van der Waals surface area contributed by atoms with Crippen LogP contribution in [0.3, 0.4) is 0 Å². The first kappa shape index (κ1) is 23.1. The number of nitrogens with one attached hydrogen (secondary N) is 1. The molecule has 2 aromatic carbocycles. The monoisotopic (exact) mass is 492 g/mol. The van der Waals surface area contributed by atoms with Gasteiger partial charge in [0.1, 0.15) is 0 Å². The molecule has 2 aromatic rings. The fourth-order valence-electron chi connectivity index (χ4n) is 3.39. The second-order valence-electron chi connectivity index (χ2n) is 7.35. The highest BCUT2D eigenvalue weighted by molar-refractivity contribution is 7.89. The number of nitrogens with zero attached hydrogens (tertiary/aromatic N) is 1. The molecule has 0 aromatic heterocycles. The molecule has 1 fully saturated rings. The van der Waals surface area contributed by atoms with Crippen molar-refractivity contribution in [2.45, 2.75) is 17.7 Å². The summed E-state index contributed by atoms with van der Waals surface area (Å²) in [6, 6.07) is 9.28. The number of hydrogen-bond donors (Lipinski definition) is 1. The van der Waals surface area contributed by atoms with Crippen molar-refractivity contribution in [3.63, 3.8) is 0 Å². The van der Waals surface area contributed by atoms with Crippen molar-refractivity contribution in [3.05, 3.63) is 53.1 Å². The molecule has 0 spiro atoms. The molecule has 0 bridgehead atoms. The lowest BCUT2D eigenvalue weighted by molar-refractivity contribution is -0.142. The molecule has 2 aliphatic rings. The number of halogens is 1. The van der Waals surface area contributed by atoms with E-state index in [0.29, 0.717) is 30.2 Å². The molecule has 2 heterocycles. The predicted molar refractivity (Wildman–Crippen MR) is 121 cm³/mol. The number of esters is 1. The van der Waals surface area contributed by atoms with Crippen LogP contribution >= 0.6 is 11.6 Å². The topological polar surface area (TPSA) is 111 Å². The van der Waals surface area contributed by atoms with Crippen molar-refractivity contribution in [2.75, 3.05) is 31.8 Å². The standard InChI is InChI=1S/C22H21ClN2O7S/c23-17-6-5-16(33(28,29)25-9-1-2-10-25)12-18(17)24-21(26)13-30-22(27)8-4-15-3-7-19-20(11-15)32-14-31-19/h3-8,11-12H,1-2,9-10,13-14H2,(H,24,26)/b8-4+. The minimum atomic E-state index is -3.66. The third-order valence-corrected chi connectivity index (χ3v) is 7.29. The van der Waals surface area contributed by atoms with Crippen LogP contribution in [0.4, 0.5) is 5.69 Å². The van der Waals surface area contributed by atoms with E-state index in [9.17, 15) is 18.0 Å². The number of carbonyl (C=O) groups is 2. The van der Waals surface area contributed by atoms with Crippen LogP contribution in [0.5, 0.6) is 11.5 Å². The van der Waals surface area contributed by atoms with E-state index in [1.165, 1.54) is 34.7 Å². The first-order valence-corrected chi connectivity index (χ1v) is 12.0. The summed E-state index contributed by atoms with van der Waals surface area (Å²) >= 11 is 6.11. The van der Waals surface area contributed by atoms with Crippen molar-refractivity contribution in [1.29, 1.82) is 0 Å². The smallest absolute Gasteiger partial charge is 0.331 e. The van der Waals surface area contributed by atoms with Crippen LogP contribution in [0.1, 0.15) is 18.4 Å². The molecule has 33 heavy (non-hydrogen) atoms. The van der Waals surface area contributed by atoms with Gasteiger partial charge in [0, 0.05) is 19.2 Å². The number of hydrogen-bond acceptors (Lipinski definition) is 7. The molecule has 0 unspecified atom stereocenters. The molecule has 0 atom stereocenters. The summed E-state index contributed by atoms with van der Waals surface area (Å²) in [4.78, 5) is 24.2. The number of benzene rings is 2. The summed E-state index contributed by atoms with van der Waals surface area (Å²) in [6.07, 6.45) is 4.32. The van der Waals surface area contributed by atoms with Crippen LogP contribution in [-0.4, -0.2) is 51.1 Å². The highest BCUT2D eigenvalue weighted by Gasteiger charge is 2.27. The Morgan fingerprint density at radius 3 is 2.64 bits per heavy atom. The Labute approximate surface area is 195 Å². The van der Waals surface area contributed by atoms with E-state index < -0.39 is 28.5 Å². The minimum absolute atomic E-state index is 0.0350. The van der Waals surface area contributed by atoms with Crippen LogP contribution in [0.15, 0.2) is 47.4 Å². The molecule has 0 aliphatic carbocycles. The summed E-state index contributed by atoms with van der Waals surface area (Å²) in [5, 5.41) is 2.65. The third-order valence-electron chi connectivity index (χ3n) is 5.07. The molecular formula is C22H21ClN2O7S. The van der Waals surface area contributed by atoms with Gasteiger partial charge in [0.25, 0.3) is 5.91 Å². The van der Waals surface area contributed by atoms with Crippen LogP contribution in [-0.2, 0) is 24.3 Å². The predicted octanol–water partition coefficient (Wildman–Crippen LogP) is 3.05. The van der Waals surface area contributed by atoms with Gasteiger partial charge in [-0.3, -0.25) is 4.79 Å². The number of anilines is 1. The molecule has 4 rings (SSSR count). The zero-order valence-electron chi connectivity index (χ0n) is 17.5. The Balaban J connectivity index is 1.33. The molecule has 1 saturated heterocycles. The molecule has 11 heteroatoms. The molecule has 1 amide bonds. The van der Waals surface area contributed by atoms with Crippen molar-refractivity contribution >= 4 is 45.3 Å². The quantitative estimate of drug-likeness (QED) is 0.467. The molecule has 1 N–H and O–H groups in total. The lowest BCUT2D eigenvalue weighted by Gasteiger charge is -2.16. The Morgan fingerprint density at radius 1 is 1.09 bits per heavy atom. The zero-order chi connectivity index (χ0) is 23.4. The first-order chi connectivity index (χ1) is 15.8. The van der Waals surface area contributed by atoms with E-state index in [1.807, 2.05) is 0 Å². The van der Waals surface area contributed by atoms with Crippen molar-refractivity contribution in [1.82, 2.24) is 4.31 Å². The average Bonchev–Trinajstić information content (AvgIpc) is 3.49. The number of ether oxygens (including phenoxy) is 3. The van der Waals surface area contributed by atoms with E-state index in [0.717, 1.165) is 12.8 Å². The first-order valence-electron chi connectivity index (χ1n) is 10.2. The Bertz CT molecular complexity index is 1210. The van der Waals surface area contributed by atoms with Crippen LogP contribution in [0.2, 0.25) is 5.02 Å². The zero-order valence-corrected chi connectivity index (χ0v) is 19.0. The lowest BCUT2D eigenvalue weighted by atomic mass is 10.2. The van der Waals surface area contributed by atoms with Crippen molar-refractivity contribution in [2.24, 2.45) is 0 Å². The normalized spacial score (nSPS) is 15.7. The third kappa shape index (κ3) is 5.47. The number of amides is 1. The van der Waals surface area contributed by atoms with Gasteiger partial charge in [-0.15, -0.1) is 0 Å². The Hall–Kier alpha value is -3.08. The maximum atomic E-state index is 12.7. The summed E-state index contributed by atoms with van der Waals surface area (Å²) in [5.74, 6) is -0.171. The Morgan fingerprint density at radius 2 is 1.85 bits per heavy atom. The highest BCUT2D eigenvalue weighted by Crippen LogP contribution is 2.33. The maximum Gasteiger partial charge on any atom is 0.331 e. The lowest BCUT2D eigenvalue weighted by Crippen LogP contribution is -2.28. The van der Waals surface area contributed by atoms with Crippen LogP contribution < -0.4 is 14.8 Å². The SMILES string of the molecule is O=C(COC(=O)/C=C/c1ccc2c(c1)OCO2)Nc1cc(S(=O)(=O)N2CCCC2)ccc1Cl. The molecule has 0 radical (unpaired) electrons. The number of rotatable bonds is 7. The van der Waals surface area contributed by atoms with Gasteiger partial charge in [-0.1, -0.05) is 17.7 Å². The largest absolute Gasteiger partial charge is 0.454 e. The number of carbonyl (C=O) groups excluding carboxylic acids is 2. The fourth-order valence-corrected chi connectivity index (χ4v) is 5.10. The van der Waals surface area contributed by atoms with E-state index in [2.05, 4.69) is 5.32 Å². The van der Waals surface area contributed by atoms with Gasteiger partial charge < -0.3 is 19.5 Å². The fraction of sp³-hybridized carbons (Fsp3) is 0.273. The number of sulfonamides is 1. The van der Waals surface area contributed by atoms with Gasteiger partial charge >= 0.3 is 5.97 Å². The summed E-state index contributed by atoms with van der Waals surface area (Å²) in [6.45, 7) is 0.505. The van der Waals surface area contributed by atoms with Crippen LogP contribution in [0.25, 0.3) is 6.08 Å². The number of fused-ring (bicyclic) bond motifs is 1. The van der Waals surface area contributed by atoms with E-state index >= 15 is 0 Å². The van der Waals surface area contributed by atoms with Gasteiger partial charge in [-0.25, -0.2) is 13.2 Å². The van der Waals surface area contributed by atoms with Crippen LogP contribution in [0, 0.1) is 0 Å². The van der Waals surface area contributed by atoms with Gasteiger partial charge in [-0.05, 0) is 54.8 Å². The van der Waals surface area contributed by atoms with Gasteiger partial charge in [-0.2, -0.15) is 4.31 Å². The van der Waals surface area contributed by atoms with Gasteiger partial charge in [0.05, 0.1) is 15.6 Å².